The molecule has 4 heterocycles. The molecule has 4 saturated heterocycles. The number of halogens is 2. The molecule has 31 heavy (non-hydrogen) atoms. The zero-order chi connectivity index (χ0) is 21.8. The lowest BCUT2D eigenvalue weighted by Crippen LogP contribution is -2.62. The van der Waals surface area contributed by atoms with E-state index in [0.29, 0.717) is 18.5 Å². The predicted molar refractivity (Wildman–Crippen MR) is 110 cm³/mol. The molecule has 5 fully saturated rings. The molecule has 0 aromatic rings. The number of alkyl halides is 2. The van der Waals surface area contributed by atoms with Gasteiger partial charge in [0.15, 0.2) is 0 Å². The lowest BCUT2D eigenvalue weighted by molar-refractivity contribution is -0.115. The summed E-state index contributed by atoms with van der Waals surface area (Å²) in [5.74, 6) is -2.23. The first-order chi connectivity index (χ1) is 14.8. The standard InChI is InChI=1S/C22H34F2N4O3/c1-31-20(30)26-10-6-21(13-26)11-17(12-21)25-8-4-16(5-9-25)18-3-2-7-28(18)19(29)27-14-22(23,24)15-27/h16-18H,2-15H2,1H3/t17?,18-,21?/m0/s1. The molecule has 0 radical (unpaired) electrons. The Morgan fingerprint density at radius 1 is 0.935 bits per heavy atom. The average Bonchev–Trinajstić information content (AvgIpc) is 3.37. The van der Waals surface area contributed by atoms with Crippen LogP contribution in [-0.4, -0.2) is 103 Å². The van der Waals surface area contributed by atoms with Gasteiger partial charge in [0.05, 0.1) is 20.2 Å². The van der Waals surface area contributed by atoms with Crippen LogP contribution in [0, 0.1) is 11.3 Å². The Morgan fingerprint density at radius 3 is 2.29 bits per heavy atom. The van der Waals surface area contributed by atoms with Crippen LogP contribution in [0.15, 0.2) is 0 Å². The monoisotopic (exact) mass is 440 g/mol. The van der Waals surface area contributed by atoms with Crippen molar-refractivity contribution in [3.63, 3.8) is 0 Å². The summed E-state index contributed by atoms with van der Waals surface area (Å²) < 4.78 is 31.3. The summed E-state index contributed by atoms with van der Waals surface area (Å²) in [6.07, 6.45) is 7.29. The summed E-state index contributed by atoms with van der Waals surface area (Å²) in [5, 5.41) is 0. The van der Waals surface area contributed by atoms with Gasteiger partial charge in [-0.05, 0) is 69.4 Å². The number of piperidine rings is 1. The van der Waals surface area contributed by atoms with Crippen LogP contribution in [0.25, 0.3) is 0 Å². The first-order valence-corrected chi connectivity index (χ1v) is 11.8. The van der Waals surface area contributed by atoms with Crippen molar-refractivity contribution in [2.24, 2.45) is 11.3 Å². The average molecular weight is 441 g/mol. The van der Waals surface area contributed by atoms with Gasteiger partial charge in [0, 0.05) is 31.7 Å². The van der Waals surface area contributed by atoms with E-state index in [1.165, 1.54) is 12.0 Å². The molecule has 7 nitrogen and oxygen atoms in total. The Kier molecular flexibility index (Phi) is 5.30. The Morgan fingerprint density at radius 2 is 1.65 bits per heavy atom. The number of carbonyl (C=O) groups excluding carboxylic acids is 2. The van der Waals surface area contributed by atoms with Crippen LogP contribution in [0.5, 0.6) is 0 Å². The summed E-state index contributed by atoms with van der Waals surface area (Å²) in [6, 6.07) is 0.622. The number of amides is 3. The largest absolute Gasteiger partial charge is 0.453 e. The Hall–Kier alpha value is -1.64. The zero-order valence-corrected chi connectivity index (χ0v) is 18.4. The number of carbonyl (C=O) groups is 2. The molecule has 0 bridgehead atoms. The van der Waals surface area contributed by atoms with E-state index in [1.54, 1.807) is 0 Å². The quantitative estimate of drug-likeness (QED) is 0.663. The van der Waals surface area contributed by atoms with Crippen LogP contribution >= 0.6 is 0 Å². The fourth-order valence-corrected chi connectivity index (χ4v) is 6.77. The second kappa shape index (κ2) is 7.74. The van der Waals surface area contributed by atoms with E-state index in [0.717, 1.165) is 71.1 Å². The number of likely N-dealkylation sites (tertiary alicyclic amines) is 4. The van der Waals surface area contributed by atoms with Crippen molar-refractivity contribution in [3.05, 3.63) is 0 Å². The maximum Gasteiger partial charge on any atom is 0.409 e. The third-order valence-electron chi connectivity index (χ3n) is 8.50. The zero-order valence-electron chi connectivity index (χ0n) is 18.4. The molecular formula is C22H34F2N4O3. The van der Waals surface area contributed by atoms with Crippen molar-refractivity contribution in [2.75, 3.05) is 52.9 Å². The molecule has 0 N–H and O–H groups in total. The number of hydrogen-bond acceptors (Lipinski definition) is 4. The minimum atomic E-state index is -2.70. The molecule has 0 unspecified atom stereocenters. The lowest BCUT2D eigenvalue weighted by Gasteiger charge is -2.52. The molecule has 0 aromatic heterocycles. The molecule has 3 amide bonds. The minimum absolute atomic E-state index is 0.187. The van der Waals surface area contributed by atoms with E-state index in [1.807, 2.05) is 9.80 Å². The summed E-state index contributed by atoms with van der Waals surface area (Å²) in [6.45, 7) is 3.57. The SMILES string of the molecule is COC(=O)N1CCC2(CC(N3CCC([C@@H]4CCCN4C(=O)N4CC(F)(F)C4)CC3)C2)C1. The number of hydrogen-bond donors (Lipinski definition) is 0. The van der Waals surface area contributed by atoms with Crippen LogP contribution in [0.1, 0.15) is 44.9 Å². The van der Waals surface area contributed by atoms with Gasteiger partial charge in [-0.25, -0.2) is 18.4 Å². The predicted octanol–water partition coefficient (Wildman–Crippen LogP) is 2.85. The van der Waals surface area contributed by atoms with Gasteiger partial charge in [-0.3, -0.25) is 0 Å². The fraction of sp³-hybridized carbons (Fsp3) is 0.909. The van der Waals surface area contributed by atoms with Crippen LogP contribution in [0.2, 0.25) is 0 Å². The highest BCUT2D eigenvalue weighted by molar-refractivity contribution is 5.76. The van der Waals surface area contributed by atoms with Gasteiger partial charge < -0.3 is 24.3 Å². The summed E-state index contributed by atoms with van der Waals surface area (Å²) in [4.78, 5) is 32.1. The van der Waals surface area contributed by atoms with Crippen molar-refractivity contribution >= 4 is 12.1 Å². The second-order valence-electron chi connectivity index (χ2n) is 10.5. The number of urea groups is 1. The normalized spacial score (nSPS) is 35.9. The molecule has 1 saturated carbocycles. The van der Waals surface area contributed by atoms with Crippen molar-refractivity contribution in [3.8, 4) is 0 Å². The van der Waals surface area contributed by atoms with Crippen molar-refractivity contribution in [1.82, 2.24) is 19.6 Å². The third kappa shape index (κ3) is 3.87. The van der Waals surface area contributed by atoms with Gasteiger partial charge >= 0.3 is 12.1 Å². The number of methoxy groups -OCH3 is 1. The lowest BCUT2D eigenvalue weighted by atomic mass is 9.64. The van der Waals surface area contributed by atoms with E-state index in [2.05, 4.69) is 4.90 Å². The van der Waals surface area contributed by atoms with Gasteiger partial charge in [0.25, 0.3) is 5.92 Å². The maximum absolute atomic E-state index is 13.2. The Bertz CT molecular complexity index is 714. The van der Waals surface area contributed by atoms with E-state index in [9.17, 15) is 18.4 Å². The summed E-state index contributed by atoms with van der Waals surface area (Å²) in [7, 11) is 1.44. The Labute approximate surface area is 182 Å². The van der Waals surface area contributed by atoms with Gasteiger partial charge in [0.2, 0.25) is 0 Å². The van der Waals surface area contributed by atoms with E-state index < -0.39 is 19.0 Å². The van der Waals surface area contributed by atoms with Crippen molar-refractivity contribution in [2.45, 2.75) is 63.0 Å². The highest BCUT2D eigenvalue weighted by Crippen LogP contribution is 2.51. The van der Waals surface area contributed by atoms with Crippen LogP contribution in [-0.2, 0) is 4.74 Å². The van der Waals surface area contributed by atoms with Gasteiger partial charge in [-0.15, -0.1) is 0 Å². The van der Waals surface area contributed by atoms with E-state index in [4.69, 9.17) is 4.74 Å². The molecule has 9 heteroatoms. The van der Waals surface area contributed by atoms with Crippen molar-refractivity contribution in [1.29, 1.82) is 0 Å². The first-order valence-electron chi connectivity index (χ1n) is 11.8. The maximum atomic E-state index is 13.2. The second-order valence-corrected chi connectivity index (χ2v) is 10.5. The molecular weight excluding hydrogens is 406 g/mol. The number of ether oxygens (including phenoxy) is 1. The molecule has 0 aromatic carbocycles. The summed E-state index contributed by atoms with van der Waals surface area (Å²) in [5.41, 5.74) is 0.281. The van der Waals surface area contributed by atoms with Crippen molar-refractivity contribution < 1.29 is 23.1 Å². The molecule has 174 valence electrons. The molecule has 4 aliphatic heterocycles. The fourth-order valence-electron chi connectivity index (χ4n) is 6.77. The number of rotatable bonds is 2. The highest BCUT2D eigenvalue weighted by Gasteiger charge is 2.52. The number of nitrogens with zero attached hydrogens (tertiary/aromatic N) is 4. The molecule has 1 atom stereocenters. The Balaban J connectivity index is 1.09. The highest BCUT2D eigenvalue weighted by atomic mass is 19.3. The molecule has 1 aliphatic carbocycles. The van der Waals surface area contributed by atoms with Crippen LogP contribution in [0.3, 0.4) is 0 Å². The van der Waals surface area contributed by atoms with Gasteiger partial charge in [-0.2, -0.15) is 0 Å². The molecule has 5 rings (SSSR count). The first kappa shape index (κ1) is 21.2. The minimum Gasteiger partial charge on any atom is -0.453 e. The van der Waals surface area contributed by atoms with Crippen LogP contribution < -0.4 is 0 Å². The van der Waals surface area contributed by atoms with Crippen LogP contribution in [0.4, 0.5) is 18.4 Å². The van der Waals surface area contributed by atoms with E-state index >= 15 is 0 Å². The van der Waals surface area contributed by atoms with E-state index in [-0.39, 0.29) is 23.6 Å². The molecule has 5 aliphatic rings. The van der Waals surface area contributed by atoms with Gasteiger partial charge in [0.1, 0.15) is 0 Å². The summed E-state index contributed by atoms with van der Waals surface area (Å²) >= 11 is 0. The molecule has 1 spiro atoms. The third-order valence-corrected chi connectivity index (χ3v) is 8.50. The smallest absolute Gasteiger partial charge is 0.409 e. The topological polar surface area (TPSA) is 56.3 Å². The van der Waals surface area contributed by atoms with Gasteiger partial charge in [-0.1, -0.05) is 0 Å².